The van der Waals surface area contributed by atoms with Crippen molar-refractivity contribution in [2.75, 3.05) is 12.1 Å². The van der Waals surface area contributed by atoms with E-state index in [1.807, 2.05) is 36.5 Å². The van der Waals surface area contributed by atoms with Crippen molar-refractivity contribution in [2.45, 2.75) is 45.4 Å². The highest BCUT2D eigenvalue weighted by Gasteiger charge is 1.94. The highest BCUT2D eigenvalue weighted by atomic mass is 15.4. The van der Waals surface area contributed by atoms with Gasteiger partial charge in [-0.1, -0.05) is 50.8 Å². The average molecular weight is 232 g/mol. The summed E-state index contributed by atoms with van der Waals surface area (Å²) in [6.07, 6.45) is 9.73. The molecular formula is C15H24N2. The molecule has 0 bridgehead atoms. The van der Waals surface area contributed by atoms with Gasteiger partial charge in [0.25, 0.3) is 0 Å². The summed E-state index contributed by atoms with van der Waals surface area (Å²) < 4.78 is 0. The van der Waals surface area contributed by atoms with Gasteiger partial charge >= 0.3 is 0 Å². The molecule has 94 valence electrons. The molecule has 0 saturated heterocycles. The largest absolute Gasteiger partial charge is 0.269 e. The van der Waals surface area contributed by atoms with E-state index in [0.717, 1.165) is 12.1 Å². The SMILES string of the molecule is CCCCCCCC=NN(C)c1ccccc1. The minimum Gasteiger partial charge on any atom is -0.269 e. The Labute approximate surface area is 105 Å². The van der Waals surface area contributed by atoms with Crippen LogP contribution in [0.2, 0.25) is 0 Å². The molecule has 0 heterocycles. The number of para-hydroxylation sites is 1. The van der Waals surface area contributed by atoms with E-state index in [1.54, 1.807) is 0 Å². The normalized spacial score (nSPS) is 10.9. The van der Waals surface area contributed by atoms with Crippen LogP contribution in [0.25, 0.3) is 0 Å². The highest BCUT2D eigenvalue weighted by molar-refractivity contribution is 5.60. The van der Waals surface area contributed by atoms with Crippen molar-refractivity contribution in [2.24, 2.45) is 5.10 Å². The van der Waals surface area contributed by atoms with E-state index in [-0.39, 0.29) is 0 Å². The summed E-state index contributed by atoms with van der Waals surface area (Å²) in [6, 6.07) is 10.2. The standard InChI is InChI=1S/C15H24N2/c1-3-4-5-6-7-11-14-16-17(2)15-12-9-8-10-13-15/h8-10,12-14H,3-7,11H2,1-2H3. The van der Waals surface area contributed by atoms with E-state index >= 15 is 0 Å². The van der Waals surface area contributed by atoms with E-state index in [4.69, 9.17) is 0 Å². The minimum atomic E-state index is 1.08. The maximum absolute atomic E-state index is 4.42. The Morgan fingerprint density at radius 3 is 2.47 bits per heavy atom. The first kappa shape index (κ1) is 13.8. The zero-order valence-corrected chi connectivity index (χ0v) is 11.1. The van der Waals surface area contributed by atoms with Gasteiger partial charge < -0.3 is 0 Å². The van der Waals surface area contributed by atoms with Gasteiger partial charge in [-0.05, 0) is 25.0 Å². The van der Waals surface area contributed by atoms with Crippen LogP contribution in [0.5, 0.6) is 0 Å². The Balaban J connectivity index is 2.16. The molecule has 0 amide bonds. The number of hydrazone groups is 1. The molecule has 2 nitrogen and oxygen atoms in total. The third kappa shape index (κ3) is 6.10. The maximum Gasteiger partial charge on any atom is 0.0590 e. The molecule has 0 unspecified atom stereocenters. The van der Waals surface area contributed by atoms with Crippen molar-refractivity contribution in [3.63, 3.8) is 0 Å². The smallest absolute Gasteiger partial charge is 0.0590 e. The van der Waals surface area contributed by atoms with E-state index in [2.05, 4.69) is 24.2 Å². The van der Waals surface area contributed by atoms with Crippen molar-refractivity contribution >= 4 is 11.9 Å². The van der Waals surface area contributed by atoms with E-state index in [9.17, 15) is 0 Å². The van der Waals surface area contributed by atoms with Crippen molar-refractivity contribution < 1.29 is 0 Å². The number of anilines is 1. The molecule has 17 heavy (non-hydrogen) atoms. The molecule has 0 spiro atoms. The summed E-state index contributed by atoms with van der Waals surface area (Å²) in [4.78, 5) is 0. The Kier molecular flexibility index (Phi) is 7.12. The van der Waals surface area contributed by atoms with Crippen molar-refractivity contribution in [3.05, 3.63) is 30.3 Å². The summed E-state index contributed by atoms with van der Waals surface area (Å²) in [7, 11) is 1.99. The van der Waals surface area contributed by atoms with Gasteiger partial charge in [-0.25, -0.2) is 0 Å². The molecule has 0 N–H and O–H groups in total. The fourth-order valence-corrected chi connectivity index (χ4v) is 1.73. The Morgan fingerprint density at radius 1 is 1.06 bits per heavy atom. The summed E-state index contributed by atoms with van der Waals surface area (Å²) in [5, 5.41) is 6.34. The Bertz CT molecular complexity index is 306. The summed E-state index contributed by atoms with van der Waals surface area (Å²) in [5.74, 6) is 0. The van der Waals surface area contributed by atoms with Crippen LogP contribution >= 0.6 is 0 Å². The zero-order chi connectivity index (χ0) is 12.3. The maximum atomic E-state index is 4.42. The monoisotopic (exact) mass is 232 g/mol. The molecule has 1 aromatic carbocycles. The predicted molar refractivity (Wildman–Crippen MR) is 76.7 cm³/mol. The van der Waals surface area contributed by atoms with Crippen LogP contribution in [-0.2, 0) is 0 Å². The van der Waals surface area contributed by atoms with Crippen LogP contribution in [0.1, 0.15) is 45.4 Å². The molecule has 1 rings (SSSR count). The fraction of sp³-hybridized carbons (Fsp3) is 0.533. The number of nitrogens with zero attached hydrogens (tertiary/aromatic N) is 2. The first-order valence-corrected chi connectivity index (χ1v) is 6.66. The van der Waals surface area contributed by atoms with E-state index in [1.165, 1.54) is 32.1 Å². The number of benzene rings is 1. The minimum absolute atomic E-state index is 1.08. The molecule has 0 aliphatic rings. The number of unbranched alkanes of at least 4 members (excludes halogenated alkanes) is 5. The third-order valence-corrected chi connectivity index (χ3v) is 2.82. The lowest BCUT2D eigenvalue weighted by Crippen LogP contribution is -2.08. The molecular weight excluding hydrogens is 208 g/mol. The molecule has 0 atom stereocenters. The van der Waals surface area contributed by atoms with Gasteiger partial charge in [-0.2, -0.15) is 5.10 Å². The van der Waals surface area contributed by atoms with Crippen LogP contribution in [0.3, 0.4) is 0 Å². The fourth-order valence-electron chi connectivity index (χ4n) is 1.73. The van der Waals surface area contributed by atoms with Gasteiger partial charge in [-0.3, -0.25) is 5.01 Å². The van der Waals surface area contributed by atoms with Gasteiger partial charge in [0.1, 0.15) is 0 Å². The zero-order valence-electron chi connectivity index (χ0n) is 11.1. The number of hydrogen-bond donors (Lipinski definition) is 0. The van der Waals surface area contributed by atoms with Gasteiger partial charge in [-0.15, -0.1) is 0 Å². The number of hydrogen-bond acceptors (Lipinski definition) is 2. The van der Waals surface area contributed by atoms with Gasteiger partial charge in [0.15, 0.2) is 0 Å². The Morgan fingerprint density at radius 2 is 1.76 bits per heavy atom. The molecule has 0 saturated carbocycles. The highest BCUT2D eigenvalue weighted by Crippen LogP contribution is 2.11. The second kappa shape index (κ2) is 8.80. The summed E-state index contributed by atoms with van der Waals surface area (Å²) in [6.45, 7) is 2.25. The molecule has 0 radical (unpaired) electrons. The second-order valence-electron chi connectivity index (χ2n) is 4.36. The molecule has 0 aliphatic heterocycles. The lowest BCUT2D eigenvalue weighted by molar-refractivity contribution is 0.644. The van der Waals surface area contributed by atoms with Crippen LogP contribution in [-0.4, -0.2) is 13.3 Å². The lowest BCUT2D eigenvalue weighted by atomic mass is 10.1. The molecule has 0 aromatic heterocycles. The van der Waals surface area contributed by atoms with Crippen LogP contribution in [0.4, 0.5) is 5.69 Å². The molecule has 0 fully saturated rings. The van der Waals surface area contributed by atoms with E-state index < -0.39 is 0 Å². The van der Waals surface area contributed by atoms with Gasteiger partial charge in [0.05, 0.1) is 5.69 Å². The second-order valence-corrected chi connectivity index (χ2v) is 4.36. The third-order valence-electron chi connectivity index (χ3n) is 2.82. The van der Waals surface area contributed by atoms with Crippen molar-refractivity contribution in [1.29, 1.82) is 0 Å². The topological polar surface area (TPSA) is 15.6 Å². The predicted octanol–water partition coefficient (Wildman–Crippen LogP) is 4.47. The Hall–Kier alpha value is -1.31. The summed E-state index contributed by atoms with van der Waals surface area (Å²) >= 11 is 0. The first-order valence-electron chi connectivity index (χ1n) is 6.66. The first-order chi connectivity index (χ1) is 8.34. The van der Waals surface area contributed by atoms with Crippen molar-refractivity contribution in [1.82, 2.24) is 0 Å². The van der Waals surface area contributed by atoms with Crippen LogP contribution < -0.4 is 5.01 Å². The number of rotatable bonds is 8. The molecule has 2 heteroatoms. The molecule has 0 aliphatic carbocycles. The van der Waals surface area contributed by atoms with Gasteiger partial charge in [0.2, 0.25) is 0 Å². The van der Waals surface area contributed by atoms with Crippen LogP contribution in [0, 0.1) is 0 Å². The lowest BCUT2D eigenvalue weighted by Gasteiger charge is -2.11. The molecule has 1 aromatic rings. The van der Waals surface area contributed by atoms with Gasteiger partial charge in [0, 0.05) is 13.3 Å². The summed E-state index contributed by atoms with van der Waals surface area (Å²) in [5.41, 5.74) is 1.13. The van der Waals surface area contributed by atoms with E-state index in [0.29, 0.717) is 0 Å². The van der Waals surface area contributed by atoms with Crippen LogP contribution in [0.15, 0.2) is 35.4 Å². The van der Waals surface area contributed by atoms with Crippen molar-refractivity contribution in [3.8, 4) is 0 Å². The quantitative estimate of drug-likeness (QED) is 0.367. The average Bonchev–Trinajstić information content (AvgIpc) is 2.38.